The number of rotatable bonds is 5. The molecule has 0 saturated carbocycles. The molecule has 2 aromatic carbocycles. The van der Waals surface area contributed by atoms with Gasteiger partial charge in [0.1, 0.15) is 5.75 Å². The van der Waals surface area contributed by atoms with Crippen LogP contribution in [0.5, 0.6) is 5.75 Å². The van der Waals surface area contributed by atoms with E-state index in [1.54, 1.807) is 45.0 Å². The molecular weight excluding hydrogens is 454 g/mol. The standard InChI is InChI=1S/C23H24F2N2O5S/c1-22(2)17-11-14(19(28)26-23(3)9-10-33(30,31)13-23)7-8-18(17)27(20(22)29)15-5-4-6-16(12-15)32-21(24)25/h4-8,11-12,21H,9-10,13H2,1-3H3,(H,26,28)/t23-/m1/s1. The second-order valence-electron chi connectivity index (χ2n) is 9.23. The van der Waals surface area contributed by atoms with Gasteiger partial charge in [-0.15, -0.1) is 0 Å². The molecule has 176 valence electrons. The average molecular weight is 479 g/mol. The summed E-state index contributed by atoms with van der Waals surface area (Å²) >= 11 is 0. The number of halogens is 2. The molecule has 0 spiro atoms. The fraction of sp³-hybridized carbons (Fsp3) is 0.391. The fourth-order valence-electron chi connectivity index (χ4n) is 4.39. The number of amides is 2. The molecule has 0 aliphatic carbocycles. The molecule has 1 fully saturated rings. The average Bonchev–Trinajstić information content (AvgIpc) is 3.10. The van der Waals surface area contributed by atoms with Gasteiger partial charge in [0, 0.05) is 11.6 Å². The summed E-state index contributed by atoms with van der Waals surface area (Å²) in [6.45, 7) is 2.16. The van der Waals surface area contributed by atoms with E-state index in [9.17, 15) is 26.8 Å². The van der Waals surface area contributed by atoms with Gasteiger partial charge in [-0.2, -0.15) is 8.78 Å². The SMILES string of the molecule is CC1(C)C(=O)N(c2cccc(OC(F)F)c2)c2ccc(C(=O)N[C@]3(C)CCS(=O)(=O)C3)cc21. The van der Waals surface area contributed by atoms with Gasteiger partial charge in [-0.25, -0.2) is 8.42 Å². The molecule has 1 saturated heterocycles. The minimum absolute atomic E-state index is 0.0266. The minimum atomic E-state index is -3.19. The van der Waals surface area contributed by atoms with Crippen LogP contribution in [0.15, 0.2) is 42.5 Å². The van der Waals surface area contributed by atoms with Crippen LogP contribution in [0.3, 0.4) is 0 Å². The number of ether oxygens (including phenoxy) is 1. The molecule has 2 heterocycles. The second-order valence-corrected chi connectivity index (χ2v) is 11.4. The van der Waals surface area contributed by atoms with Crippen molar-refractivity contribution < 1.29 is 31.5 Å². The van der Waals surface area contributed by atoms with E-state index in [-0.39, 0.29) is 23.2 Å². The van der Waals surface area contributed by atoms with E-state index in [1.165, 1.54) is 23.1 Å². The Hall–Kier alpha value is -3.01. The summed E-state index contributed by atoms with van der Waals surface area (Å²) in [4.78, 5) is 27.6. The van der Waals surface area contributed by atoms with Crippen LogP contribution < -0.4 is 15.0 Å². The number of benzene rings is 2. The quantitative estimate of drug-likeness (QED) is 0.710. The van der Waals surface area contributed by atoms with E-state index in [2.05, 4.69) is 10.1 Å². The molecule has 1 N–H and O–H groups in total. The number of nitrogens with one attached hydrogen (secondary N) is 1. The molecule has 2 aliphatic heterocycles. The number of hydrogen-bond donors (Lipinski definition) is 1. The number of anilines is 2. The van der Waals surface area contributed by atoms with Crippen molar-refractivity contribution in [3.05, 3.63) is 53.6 Å². The predicted octanol–water partition coefficient (Wildman–Crippen LogP) is 3.55. The number of sulfone groups is 1. The summed E-state index contributed by atoms with van der Waals surface area (Å²) in [5, 5.41) is 2.82. The van der Waals surface area contributed by atoms with E-state index < -0.39 is 33.3 Å². The van der Waals surface area contributed by atoms with Crippen molar-refractivity contribution in [1.29, 1.82) is 0 Å². The van der Waals surface area contributed by atoms with E-state index in [0.717, 1.165) is 0 Å². The van der Waals surface area contributed by atoms with Crippen molar-refractivity contribution in [2.45, 2.75) is 44.8 Å². The summed E-state index contributed by atoms with van der Waals surface area (Å²) in [6.07, 6.45) is 0.334. The topological polar surface area (TPSA) is 92.8 Å². The number of alkyl halides is 2. The fourth-order valence-corrected chi connectivity index (χ4v) is 6.48. The van der Waals surface area contributed by atoms with Crippen molar-refractivity contribution in [3.8, 4) is 5.75 Å². The summed E-state index contributed by atoms with van der Waals surface area (Å²) in [7, 11) is -3.19. The number of nitrogens with zero attached hydrogens (tertiary/aromatic N) is 1. The van der Waals surface area contributed by atoms with Gasteiger partial charge in [-0.1, -0.05) is 6.07 Å². The van der Waals surface area contributed by atoms with Crippen LogP contribution in [0, 0.1) is 0 Å². The molecule has 4 rings (SSSR count). The molecule has 7 nitrogen and oxygen atoms in total. The highest BCUT2D eigenvalue weighted by atomic mass is 32.2. The zero-order valence-electron chi connectivity index (χ0n) is 18.4. The Balaban J connectivity index is 1.66. The summed E-state index contributed by atoms with van der Waals surface area (Å²) < 4.78 is 53.4. The third-order valence-corrected chi connectivity index (χ3v) is 8.03. The Morgan fingerprint density at radius 3 is 2.52 bits per heavy atom. The Morgan fingerprint density at radius 1 is 1.15 bits per heavy atom. The zero-order valence-corrected chi connectivity index (χ0v) is 19.2. The Labute approximate surface area is 190 Å². The molecule has 0 bridgehead atoms. The number of hydrogen-bond acceptors (Lipinski definition) is 5. The lowest BCUT2D eigenvalue weighted by Gasteiger charge is -2.24. The van der Waals surface area contributed by atoms with E-state index in [0.29, 0.717) is 28.9 Å². The molecule has 33 heavy (non-hydrogen) atoms. The van der Waals surface area contributed by atoms with Gasteiger partial charge >= 0.3 is 6.61 Å². The van der Waals surface area contributed by atoms with Crippen LogP contribution in [0.25, 0.3) is 0 Å². The van der Waals surface area contributed by atoms with Gasteiger partial charge in [0.05, 0.1) is 33.8 Å². The maximum Gasteiger partial charge on any atom is 0.387 e. The van der Waals surface area contributed by atoms with Crippen LogP contribution in [0.4, 0.5) is 20.2 Å². The number of carbonyl (C=O) groups is 2. The maximum absolute atomic E-state index is 13.3. The molecular formula is C23H24F2N2O5S. The van der Waals surface area contributed by atoms with Crippen LogP contribution in [0.1, 0.15) is 43.1 Å². The summed E-state index contributed by atoms with van der Waals surface area (Å²) in [6, 6.07) is 10.7. The van der Waals surface area contributed by atoms with Gasteiger partial charge in [0.25, 0.3) is 5.91 Å². The van der Waals surface area contributed by atoms with E-state index in [1.807, 2.05) is 0 Å². The van der Waals surface area contributed by atoms with Crippen molar-refractivity contribution in [2.75, 3.05) is 16.4 Å². The zero-order chi connectivity index (χ0) is 24.2. The van der Waals surface area contributed by atoms with Crippen LogP contribution in [0.2, 0.25) is 0 Å². The Bertz CT molecular complexity index is 1250. The van der Waals surface area contributed by atoms with Crippen molar-refractivity contribution in [3.63, 3.8) is 0 Å². The molecule has 0 unspecified atom stereocenters. The first-order valence-corrected chi connectivity index (χ1v) is 12.2. The minimum Gasteiger partial charge on any atom is -0.435 e. The van der Waals surface area contributed by atoms with Gasteiger partial charge < -0.3 is 10.1 Å². The Kier molecular flexibility index (Phi) is 5.47. The molecule has 1 atom stereocenters. The van der Waals surface area contributed by atoms with Gasteiger partial charge in [0.15, 0.2) is 9.84 Å². The highest BCUT2D eigenvalue weighted by Gasteiger charge is 2.45. The van der Waals surface area contributed by atoms with Crippen molar-refractivity contribution in [1.82, 2.24) is 5.32 Å². The lowest BCUT2D eigenvalue weighted by atomic mass is 9.85. The third kappa shape index (κ3) is 4.31. The molecule has 2 amide bonds. The van der Waals surface area contributed by atoms with Crippen LogP contribution in [-0.4, -0.2) is 43.9 Å². The lowest BCUT2D eigenvalue weighted by Crippen LogP contribution is -2.46. The van der Waals surface area contributed by atoms with Gasteiger partial charge in [-0.05, 0) is 63.1 Å². The lowest BCUT2D eigenvalue weighted by molar-refractivity contribution is -0.121. The highest BCUT2D eigenvalue weighted by Crippen LogP contribution is 2.46. The number of fused-ring (bicyclic) bond motifs is 1. The van der Waals surface area contributed by atoms with E-state index >= 15 is 0 Å². The first-order chi connectivity index (χ1) is 15.3. The maximum atomic E-state index is 13.3. The van der Waals surface area contributed by atoms with Crippen molar-refractivity contribution in [2.24, 2.45) is 0 Å². The number of carbonyl (C=O) groups excluding carboxylic acids is 2. The molecule has 0 aromatic heterocycles. The monoisotopic (exact) mass is 478 g/mol. The van der Waals surface area contributed by atoms with Crippen molar-refractivity contribution >= 4 is 33.0 Å². The van der Waals surface area contributed by atoms with Gasteiger partial charge in [0.2, 0.25) is 5.91 Å². The smallest absolute Gasteiger partial charge is 0.387 e. The molecule has 2 aliphatic rings. The normalized spacial score (nSPS) is 23.0. The second kappa shape index (κ2) is 7.79. The van der Waals surface area contributed by atoms with Crippen LogP contribution in [-0.2, 0) is 20.0 Å². The van der Waals surface area contributed by atoms with E-state index in [4.69, 9.17) is 0 Å². The first kappa shape index (κ1) is 23.2. The summed E-state index contributed by atoms with van der Waals surface area (Å²) in [5.41, 5.74) is -0.0268. The van der Waals surface area contributed by atoms with Gasteiger partial charge in [-0.3, -0.25) is 14.5 Å². The molecule has 10 heteroatoms. The Morgan fingerprint density at radius 2 is 1.88 bits per heavy atom. The predicted molar refractivity (Wildman–Crippen MR) is 119 cm³/mol. The highest BCUT2D eigenvalue weighted by molar-refractivity contribution is 7.91. The summed E-state index contributed by atoms with van der Waals surface area (Å²) in [5.74, 6) is -0.869. The third-order valence-electron chi connectivity index (χ3n) is 6.13. The molecule has 2 aromatic rings. The largest absolute Gasteiger partial charge is 0.435 e. The van der Waals surface area contributed by atoms with Crippen LogP contribution >= 0.6 is 0 Å². The molecule has 0 radical (unpaired) electrons. The first-order valence-electron chi connectivity index (χ1n) is 10.4.